The van der Waals surface area contributed by atoms with Crippen molar-refractivity contribution in [3.63, 3.8) is 0 Å². The van der Waals surface area contributed by atoms with Crippen molar-refractivity contribution < 1.29 is 4.79 Å². The van der Waals surface area contributed by atoms with Gasteiger partial charge in [0.15, 0.2) is 0 Å². The summed E-state index contributed by atoms with van der Waals surface area (Å²) in [5.74, 6) is 0.715. The topological polar surface area (TPSA) is 59.8 Å². The average molecular weight is 333 g/mol. The molecule has 0 spiro atoms. The first-order valence-electron chi connectivity index (χ1n) is 7.51. The molecule has 0 aliphatic heterocycles. The van der Waals surface area contributed by atoms with Crippen molar-refractivity contribution in [1.82, 2.24) is 14.8 Å². The molecule has 1 amide bonds. The molecule has 23 heavy (non-hydrogen) atoms. The molecule has 0 unspecified atom stereocenters. The Morgan fingerprint density at radius 1 is 1.43 bits per heavy atom. The Kier molecular flexibility index (Phi) is 5.55. The molecule has 0 atom stereocenters. The van der Waals surface area contributed by atoms with Gasteiger partial charge >= 0.3 is 0 Å². The van der Waals surface area contributed by atoms with Crippen molar-refractivity contribution in [2.24, 2.45) is 5.92 Å². The van der Waals surface area contributed by atoms with Gasteiger partial charge in [-0.05, 0) is 43.5 Å². The highest BCUT2D eigenvalue weighted by molar-refractivity contribution is 6.31. The Bertz CT molecular complexity index is 734. The molecular weight excluding hydrogens is 312 g/mol. The van der Waals surface area contributed by atoms with Gasteiger partial charge in [-0.3, -0.25) is 9.48 Å². The van der Waals surface area contributed by atoms with Gasteiger partial charge < -0.3 is 5.32 Å². The number of halogens is 1. The van der Waals surface area contributed by atoms with E-state index < -0.39 is 0 Å². The molecule has 2 aromatic heterocycles. The van der Waals surface area contributed by atoms with E-state index in [1.807, 2.05) is 26.0 Å². The van der Waals surface area contributed by atoms with Crippen LogP contribution in [0.5, 0.6) is 0 Å². The Morgan fingerprint density at radius 2 is 2.17 bits per heavy atom. The lowest BCUT2D eigenvalue weighted by atomic mass is 10.2. The van der Waals surface area contributed by atoms with E-state index in [0.29, 0.717) is 16.9 Å². The minimum atomic E-state index is -0.254. The van der Waals surface area contributed by atoms with Crippen molar-refractivity contribution >= 4 is 29.4 Å². The number of amides is 1. The van der Waals surface area contributed by atoms with Crippen LogP contribution in [0, 0.1) is 19.8 Å². The van der Waals surface area contributed by atoms with Crippen LogP contribution in [0.15, 0.2) is 24.4 Å². The van der Waals surface area contributed by atoms with E-state index in [2.05, 4.69) is 29.2 Å². The average Bonchev–Trinajstić information content (AvgIpc) is 2.70. The second-order valence-electron chi connectivity index (χ2n) is 5.91. The van der Waals surface area contributed by atoms with Crippen molar-refractivity contribution in [3.8, 4) is 0 Å². The molecule has 2 rings (SSSR count). The van der Waals surface area contributed by atoms with E-state index in [1.54, 1.807) is 17.0 Å². The molecule has 0 aliphatic rings. The third kappa shape index (κ3) is 4.66. The van der Waals surface area contributed by atoms with Crippen LogP contribution in [0.3, 0.4) is 0 Å². The quantitative estimate of drug-likeness (QED) is 0.846. The smallest absolute Gasteiger partial charge is 0.249 e. The fraction of sp³-hybridized carbons (Fsp3) is 0.353. The van der Waals surface area contributed by atoms with Crippen LogP contribution in [0.1, 0.15) is 30.7 Å². The van der Waals surface area contributed by atoms with Gasteiger partial charge in [0.1, 0.15) is 11.0 Å². The number of pyridine rings is 1. The van der Waals surface area contributed by atoms with Crippen molar-refractivity contribution in [2.45, 2.75) is 34.2 Å². The van der Waals surface area contributed by atoms with Gasteiger partial charge in [-0.1, -0.05) is 25.4 Å². The fourth-order valence-electron chi connectivity index (χ4n) is 2.15. The molecule has 2 heterocycles. The molecule has 0 saturated carbocycles. The first-order valence-corrected chi connectivity index (χ1v) is 7.89. The zero-order valence-corrected chi connectivity index (χ0v) is 14.6. The highest BCUT2D eigenvalue weighted by Crippen LogP contribution is 2.22. The number of carbonyl (C=O) groups is 1. The van der Waals surface area contributed by atoms with E-state index in [1.165, 1.54) is 6.08 Å². The first kappa shape index (κ1) is 17.2. The minimum Gasteiger partial charge on any atom is -0.307 e. The molecule has 122 valence electrons. The number of anilines is 1. The summed E-state index contributed by atoms with van der Waals surface area (Å²) >= 11 is 6.34. The molecule has 6 heteroatoms. The largest absolute Gasteiger partial charge is 0.307 e. The Hall–Kier alpha value is -2.14. The summed E-state index contributed by atoms with van der Waals surface area (Å²) in [6.45, 7) is 8.77. The van der Waals surface area contributed by atoms with Crippen LogP contribution in [-0.2, 0) is 11.3 Å². The van der Waals surface area contributed by atoms with Gasteiger partial charge in [-0.25, -0.2) is 4.98 Å². The second kappa shape index (κ2) is 7.42. The van der Waals surface area contributed by atoms with E-state index in [9.17, 15) is 4.79 Å². The van der Waals surface area contributed by atoms with Crippen LogP contribution in [0.2, 0.25) is 5.15 Å². The highest BCUT2D eigenvalue weighted by Gasteiger charge is 2.12. The predicted molar refractivity (Wildman–Crippen MR) is 93.4 cm³/mol. The SMILES string of the molecule is Cc1ccnc(NC(=O)/C=C/c2c(C)nn(CC(C)C)c2Cl)c1. The molecule has 0 aromatic carbocycles. The number of hydrogen-bond acceptors (Lipinski definition) is 3. The van der Waals surface area contributed by atoms with E-state index in [0.717, 1.165) is 23.4 Å². The maximum absolute atomic E-state index is 12.0. The lowest BCUT2D eigenvalue weighted by Crippen LogP contribution is -2.09. The Labute approximate surface area is 141 Å². The maximum Gasteiger partial charge on any atom is 0.249 e. The van der Waals surface area contributed by atoms with Gasteiger partial charge in [0.05, 0.1) is 5.69 Å². The van der Waals surface area contributed by atoms with Crippen LogP contribution in [0.25, 0.3) is 6.08 Å². The summed E-state index contributed by atoms with van der Waals surface area (Å²) in [5, 5.41) is 7.69. The highest BCUT2D eigenvalue weighted by atomic mass is 35.5. The van der Waals surface area contributed by atoms with Gasteiger partial charge in [0.25, 0.3) is 0 Å². The summed E-state index contributed by atoms with van der Waals surface area (Å²) < 4.78 is 1.77. The molecular formula is C17H21ClN4O. The molecule has 0 saturated heterocycles. The third-order valence-electron chi connectivity index (χ3n) is 3.22. The monoisotopic (exact) mass is 332 g/mol. The molecule has 2 aromatic rings. The normalized spacial score (nSPS) is 11.4. The number of carbonyl (C=O) groups excluding carboxylic acids is 1. The van der Waals surface area contributed by atoms with Crippen LogP contribution in [-0.4, -0.2) is 20.7 Å². The summed E-state index contributed by atoms with van der Waals surface area (Å²) in [6, 6.07) is 3.68. The first-order chi connectivity index (χ1) is 10.9. The number of aromatic nitrogens is 3. The molecule has 0 bridgehead atoms. The Balaban J connectivity index is 2.10. The Morgan fingerprint density at radius 3 is 2.83 bits per heavy atom. The van der Waals surface area contributed by atoms with E-state index >= 15 is 0 Å². The van der Waals surface area contributed by atoms with E-state index in [4.69, 9.17) is 11.6 Å². The number of nitrogens with zero attached hydrogens (tertiary/aromatic N) is 3. The van der Waals surface area contributed by atoms with Gasteiger partial charge in [0, 0.05) is 24.4 Å². The second-order valence-corrected chi connectivity index (χ2v) is 6.26. The van der Waals surface area contributed by atoms with E-state index in [-0.39, 0.29) is 5.91 Å². The van der Waals surface area contributed by atoms with Crippen LogP contribution < -0.4 is 5.32 Å². The maximum atomic E-state index is 12.0. The zero-order chi connectivity index (χ0) is 17.0. The van der Waals surface area contributed by atoms with Crippen molar-refractivity contribution in [3.05, 3.63) is 46.4 Å². The molecule has 1 N–H and O–H groups in total. The zero-order valence-electron chi connectivity index (χ0n) is 13.8. The van der Waals surface area contributed by atoms with Crippen molar-refractivity contribution in [1.29, 1.82) is 0 Å². The number of rotatable bonds is 5. The number of hydrogen-bond donors (Lipinski definition) is 1. The van der Waals surface area contributed by atoms with Crippen LogP contribution >= 0.6 is 11.6 Å². The third-order valence-corrected chi connectivity index (χ3v) is 3.61. The van der Waals surface area contributed by atoms with Gasteiger partial charge in [0.2, 0.25) is 5.91 Å². The molecule has 0 fully saturated rings. The van der Waals surface area contributed by atoms with Gasteiger partial charge in [-0.2, -0.15) is 5.10 Å². The minimum absolute atomic E-state index is 0.254. The summed E-state index contributed by atoms with van der Waals surface area (Å²) in [5.41, 5.74) is 2.60. The molecule has 0 radical (unpaired) electrons. The standard InChI is InChI=1S/C17H21ClN4O/c1-11(2)10-22-17(18)14(13(4)21-22)5-6-16(23)20-15-9-12(3)7-8-19-15/h5-9,11H,10H2,1-4H3,(H,19,20,23)/b6-5+. The summed E-state index contributed by atoms with van der Waals surface area (Å²) in [6.07, 6.45) is 4.79. The fourth-order valence-corrected chi connectivity index (χ4v) is 2.46. The molecule has 5 nitrogen and oxygen atoms in total. The lowest BCUT2D eigenvalue weighted by molar-refractivity contribution is -0.111. The summed E-state index contributed by atoms with van der Waals surface area (Å²) in [7, 11) is 0. The number of aryl methyl sites for hydroxylation is 2. The summed E-state index contributed by atoms with van der Waals surface area (Å²) in [4.78, 5) is 16.1. The molecule has 0 aliphatic carbocycles. The lowest BCUT2D eigenvalue weighted by Gasteiger charge is -2.05. The number of nitrogens with one attached hydrogen (secondary N) is 1. The van der Waals surface area contributed by atoms with Crippen molar-refractivity contribution in [2.75, 3.05) is 5.32 Å². The predicted octanol–water partition coefficient (Wildman–Crippen LogP) is 3.86. The van der Waals surface area contributed by atoms with Gasteiger partial charge in [-0.15, -0.1) is 0 Å². The van der Waals surface area contributed by atoms with Crippen LogP contribution in [0.4, 0.5) is 5.82 Å².